The highest BCUT2D eigenvalue weighted by Crippen LogP contribution is 2.23. The molecule has 0 aromatic heterocycles. The molecule has 6 N–H and O–H groups in total. The van der Waals surface area contributed by atoms with Gasteiger partial charge in [0.05, 0.1) is 25.4 Å². The third-order valence-electron chi connectivity index (χ3n) is 9.12. The van der Waals surface area contributed by atoms with E-state index >= 15 is 0 Å². The largest absolute Gasteiger partial charge is 0.394 e. The Balaban J connectivity index is 2.44. The minimum atomic E-state index is -1.55. The van der Waals surface area contributed by atoms with E-state index in [0.717, 1.165) is 51.4 Å². The van der Waals surface area contributed by atoms with E-state index < -0.39 is 49.5 Å². The Morgan fingerprint density at radius 3 is 1.78 bits per heavy atom. The van der Waals surface area contributed by atoms with Gasteiger partial charge in [0, 0.05) is 6.42 Å². The maximum absolute atomic E-state index is 12.8. The number of amides is 1. The number of aliphatic hydroxyl groups is 5. The summed E-state index contributed by atoms with van der Waals surface area (Å²) in [6.45, 7) is 3.77. The van der Waals surface area contributed by atoms with E-state index in [1.165, 1.54) is 83.5 Å². The summed E-state index contributed by atoms with van der Waals surface area (Å²) in [6.07, 6.45) is 22.2. The van der Waals surface area contributed by atoms with Crippen molar-refractivity contribution in [3.63, 3.8) is 0 Å². The average molecular weight is 658 g/mol. The molecule has 7 atom stereocenters. The molecule has 272 valence electrons. The summed E-state index contributed by atoms with van der Waals surface area (Å²) in [4.78, 5) is 12.8. The van der Waals surface area contributed by atoms with Crippen LogP contribution >= 0.6 is 0 Å². The molecule has 1 rings (SSSR count). The number of nitrogens with one attached hydrogen (secondary N) is 1. The minimum Gasteiger partial charge on any atom is -0.394 e. The van der Waals surface area contributed by atoms with Crippen LogP contribution in [0.15, 0.2) is 12.2 Å². The third kappa shape index (κ3) is 20.3. The lowest BCUT2D eigenvalue weighted by atomic mass is 9.99. The molecule has 0 aromatic rings. The zero-order valence-corrected chi connectivity index (χ0v) is 29.3. The highest BCUT2D eigenvalue weighted by atomic mass is 16.7. The summed E-state index contributed by atoms with van der Waals surface area (Å²) in [5, 5.41) is 53.9. The Labute approximate surface area is 280 Å². The average Bonchev–Trinajstić information content (AvgIpc) is 3.05. The molecule has 0 aromatic carbocycles. The molecule has 9 nitrogen and oxygen atoms in total. The molecule has 1 aliphatic rings. The van der Waals surface area contributed by atoms with Gasteiger partial charge in [-0.2, -0.15) is 0 Å². The lowest BCUT2D eigenvalue weighted by molar-refractivity contribution is -0.302. The van der Waals surface area contributed by atoms with Crippen LogP contribution in [0.5, 0.6) is 0 Å². The number of carbonyl (C=O) groups excluding carboxylic acids is 1. The standard InChI is InChI=1S/C37H71NO8/c1-3-5-7-9-11-13-15-16-17-19-21-23-25-27-33(41)38-30(29-45-37-36(44)35(43)34(42)32(28-39)46-37)31(40)26-24-22-20-18-14-12-10-8-6-4-2/h13,15,30-32,34-37,39-40,42-44H,3-12,14,16-29H2,1-2H3,(H,38,41)/b15-13+/t30-,31+,32-,34-,35?,36?,37-/m0/s1. The molecule has 0 spiro atoms. The molecule has 0 radical (unpaired) electrons. The summed E-state index contributed by atoms with van der Waals surface area (Å²) in [5.41, 5.74) is 0. The van der Waals surface area contributed by atoms with Crippen LogP contribution < -0.4 is 5.32 Å². The third-order valence-corrected chi connectivity index (χ3v) is 9.12. The van der Waals surface area contributed by atoms with Crippen molar-refractivity contribution < 1.29 is 39.8 Å². The second-order valence-corrected chi connectivity index (χ2v) is 13.4. The first-order valence-corrected chi connectivity index (χ1v) is 18.9. The maximum atomic E-state index is 12.8. The molecule has 1 saturated heterocycles. The molecule has 1 amide bonds. The van der Waals surface area contributed by atoms with Crippen LogP contribution in [-0.4, -0.2) is 87.5 Å². The van der Waals surface area contributed by atoms with Gasteiger partial charge in [0.15, 0.2) is 6.29 Å². The van der Waals surface area contributed by atoms with Crippen molar-refractivity contribution in [3.8, 4) is 0 Å². The fraction of sp³-hybridized carbons (Fsp3) is 0.919. The van der Waals surface area contributed by atoms with Gasteiger partial charge in [0.2, 0.25) is 5.91 Å². The fourth-order valence-corrected chi connectivity index (χ4v) is 5.98. The van der Waals surface area contributed by atoms with Crippen molar-refractivity contribution >= 4 is 5.91 Å². The highest BCUT2D eigenvalue weighted by Gasteiger charge is 2.44. The second kappa shape index (κ2) is 28.9. The monoisotopic (exact) mass is 658 g/mol. The molecule has 9 heteroatoms. The van der Waals surface area contributed by atoms with Crippen LogP contribution in [0.25, 0.3) is 0 Å². The van der Waals surface area contributed by atoms with Gasteiger partial charge in [0.25, 0.3) is 0 Å². The van der Waals surface area contributed by atoms with Gasteiger partial charge >= 0.3 is 0 Å². The topological polar surface area (TPSA) is 149 Å². The summed E-state index contributed by atoms with van der Waals surface area (Å²) >= 11 is 0. The van der Waals surface area contributed by atoms with Crippen LogP contribution in [0, 0.1) is 0 Å². The van der Waals surface area contributed by atoms with E-state index in [-0.39, 0.29) is 12.5 Å². The van der Waals surface area contributed by atoms with Gasteiger partial charge in [-0.15, -0.1) is 0 Å². The normalized spacial score (nSPS) is 23.2. The lowest BCUT2D eigenvalue weighted by Gasteiger charge is -2.40. The predicted molar refractivity (Wildman–Crippen MR) is 184 cm³/mol. The Kier molecular flexibility index (Phi) is 27.0. The molecule has 0 aliphatic carbocycles. The van der Waals surface area contributed by atoms with Crippen LogP contribution in [0.2, 0.25) is 0 Å². The van der Waals surface area contributed by atoms with Gasteiger partial charge in [-0.05, 0) is 38.5 Å². The first-order chi connectivity index (χ1) is 22.3. The zero-order chi connectivity index (χ0) is 33.8. The van der Waals surface area contributed by atoms with E-state index in [9.17, 15) is 30.3 Å². The van der Waals surface area contributed by atoms with Crippen molar-refractivity contribution in [3.05, 3.63) is 12.2 Å². The van der Waals surface area contributed by atoms with Crippen molar-refractivity contribution in [1.29, 1.82) is 0 Å². The maximum Gasteiger partial charge on any atom is 0.220 e. The fourth-order valence-electron chi connectivity index (χ4n) is 5.98. The van der Waals surface area contributed by atoms with Crippen LogP contribution in [0.4, 0.5) is 0 Å². The summed E-state index contributed by atoms with van der Waals surface area (Å²) in [7, 11) is 0. The Morgan fingerprint density at radius 1 is 0.717 bits per heavy atom. The summed E-state index contributed by atoms with van der Waals surface area (Å²) < 4.78 is 11.2. The summed E-state index contributed by atoms with van der Waals surface area (Å²) in [5.74, 6) is -0.157. The highest BCUT2D eigenvalue weighted by molar-refractivity contribution is 5.76. The Morgan fingerprint density at radius 2 is 1.22 bits per heavy atom. The Bertz CT molecular complexity index is 736. The number of ether oxygens (including phenoxy) is 2. The zero-order valence-electron chi connectivity index (χ0n) is 29.3. The first kappa shape index (κ1) is 43.0. The first-order valence-electron chi connectivity index (χ1n) is 18.9. The number of hydrogen-bond acceptors (Lipinski definition) is 8. The van der Waals surface area contributed by atoms with E-state index in [4.69, 9.17) is 9.47 Å². The predicted octanol–water partition coefficient (Wildman–Crippen LogP) is 6.22. The van der Waals surface area contributed by atoms with Gasteiger partial charge in [0.1, 0.15) is 24.4 Å². The van der Waals surface area contributed by atoms with Crippen LogP contribution in [0.1, 0.15) is 162 Å². The van der Waals surface area contributed by atoms with Gasteiger partial charge < -0.3 is 40.3 Å². The second-order valence-electron chi connectivity index (χ2n) is 13.4. The van der Waals surface area contributed by atoms with Crippen LogP contribution in [-0.2, 0) is 14.3 Å². The quantitative estimate of drug-likeness (QED) is 0.0394. The van der Waals surface area contributed by atoms with Crippen molar-refractivity contribution in [1.82, 2.24) is 5.32 Å². The summed E-state index contributed by atoms with van der Waals surface area (Å²) in [6, 6.07) is -0.716. The minimum absolute atomic E-state index is 0.139. The number of aliphatic hydroxyl groups excluding tert-OH is 5. The molecule has 1 heterocycles. The van der Waals surface area contributed by atoms with E-state index in [1.54, 1.807) is 0 Å². The van der Waals surface area contributed by atoms with Gasteiger partial charge in [-0.25, -0.2) is 0 Å². The smallest absolute Gasteiger partial charge is 0.220 e. The van der Waals surface area contributed by atoms with E-state index in [1.807, 2.05) is 0 Å². The SMILES string of the molecule is CCCCCC/C=C/CCCCCCCC(=O)N[C@@H](CO[C@H]1O[C@@H](CO)[C@H](O)C(O)C1O)[C@H](O)CCCCCCCCCCCC. The van der Waals surface area contributed by atoms with Gasteiger partial charge in [-0.1, -0.05) is 129 Å². The molecule has 1 aliphatic heterocycles. The van der Waals surface area contributed by atoms with Crippen LogP contribution in [0.3, 0.4) is 0 Å². The molecular formula is C37H71NO8. The molecule has 0 saturated carbocycles. The molecule has 46 heavy (non-hydrogen) atoms. The molecule has 1 fully saturated rings. The number of unbranched alkanes of at least 4 members (excludes halogenated alkanes) is 18. The van der Waals surface area contributed by atoms with E-state index in [2.05, 4.69) is 31.3 Å². The van der Waals surface area contributed by atoms with Crippen molar-refractivity contribution in [2.24, 2.45) is 0 Å². The number of hydrogen-bond donors (Lipinski definition) is 6. The van der Waals surface area contributed by atoms with Crippen molar-refractivity contribution in [2.45, 2.75) is 204 Å². The van der Waals surface area contributed by atoms with Gasteiger partial charge in [-0.3, -0.25) is 4.79 Å². The number of carbonyl (C=O) groups is 1. The number of rotatable bonds is 30. The lowest BCUT2D eigenvalue weighted by Crippen LogP contribution is -2.60. The Hall–Kier alpha value is -1.07. The molecule has 0 bridgehead atoms. The molecular weight excluding hydrogens is 586 g/mol. The molecule has 2 unspecified atom stereocenters. The number of allylic oxidation sites excluding steroid dienone is 2. The van der Waals surface area contributed by atoms with Crippen molar-refractivity contribution in [2.75, 3.05) is 13.2 Å². The van der Waals surface area contributed by atoms with E-state index in [0.29, 0.717) is 12.8 Å².